The molecule has 0 aliphatic carbocycles. The SMILES string of the molecule is C=C1C(=O)O[C@H](c2cccc(Br)c2)[C@@H]1c1ccc(C#N)cc1. The lowest BCUT2D eigenvalue weighted by Crippen LogP contribution is -2.07. The highest BCUT2D eigenvalue weighted by molar-refractivity contribution is 9.10. The molecule has 0 radical (unpaired) electrons. The summed E-state index contributed by atoms with van der Waals surface area (Å²) in [7, 11) is 0. The Hall–Kier alpha value is -2.38. The molecule has 3 rings (SSSR count). The second-order valence-electron chi connectivity index (χ2n) is 5.12. The maximum atomic E-state index is 12.0. The lowest BCUT2D eigenvalue weighted by Gasteiger charge is -2.18. The Morgan fingerprint density at radius 2 is 1.86 bits per heavy atom. The summed E-state index contributed by atoms with van der Waals surface area (Å²) in [5.41, 5.74) is 2.85. The number of hydrogen-bond acceptors (Lipinski definition) is 3. The monoisotopic (exact) mass is 353 g/mol. The molecule has 22 heavy (non-hydrogen) atoms. The van der Waals surface area contributed by atoms with Gasteiger partial charge in [-0.1, -0.05) is 46.8 Å². The van der Waals surface area contributed by atoms with Crippen LogP contribution in [0.15, 0.2) is 65.2 Å². The number of ether oxygens (including phenoxy) is 1. The fourth-order valence-electron chi connectivity index (χ4n) is 2.65. The molecule has 1 saturated heterocycles. The first-order chi connectivity index (χ1) is 10.6. The van der Waals surface area contributed by atoms with Crippen LogP contribution in [0.25, 0.3) is 0 Å². The van der Waals surface area contributed by atoms with Crippen molar-refractivity contribution in [2.24, 2.45) is 0 Å². The van der Waals surface area contributed by atoms with Crippen molar-refractivity contribution in [2.75, 3.05) is 0 Å². The Labute approximate surface area is 137 Å². The van der Waals surface area contributed by atoms with Crippen molar-refractivity contribution in [3.05, 3.63) is 81.8 Å². The Morgan fingerprint density at radius 1 is 1.14 bits per heavy atom. The Morgan fingerprint density at radius 3 is 2.50 bits per heavy atom. The normalized spacial score (nSPS) is 20.5. The zero-order valence-corrected chi connectivity index (χ0v) is 13.2. The minimum atomic E-state index is -0.398. The van der Waals surface area contributed by atoms with E-state index >= 15 is 0 Å². The third-order valence-electron chi connectivity index (χ3n) is 3.75. The summed E-state index contributed by atoms with van der Waals surface area (Å²) < 4.78 is 6.44. The summed E-state index contributed by atoms with van der Waals surface area (Å²) in [5.74, 6) is -0.617. The Bertz CT molecular complexity index is 789. The van der Waals surface area contributed by atoms with Gasteiger partial charge in [0.05, 0.1) is 17.6 Å². The molecule has 3 nitrogen and oxygen atoms in total. The number of carbonyl (C=O) groups is 1. The summed E-state index contributed by atoms with van der Waals surface area (Å²) in [4.78, 5) is 12.0. The van der Waals surface area contributed by atoms with E-state index in [0.717, 1.165) is 15.6 Å². The molecule has 108 valence electrons. The zero-order chi connectivity index (χ0) is 15.7. The highest BCUT2D eigenvalue weighted by atomic mass is 79.9. The molecule has 2 atom stereocenters. The van der Waals surface area contributed by atoms with Gasteiger partial charge in [-0.05, 0) is 35.4 Å². The largest absolute Gasteiger partial charge is 0.453 e. The number of rotatable bonds is 2. The van der Waals surface area contributed by atoms with Crippen LogP contribution < -0.4 is 0 Å². The molecule has 0 N–H and O–H groups in total. The highest BCUT2D eigenvalue weighted by Crippen LogP contribution is 2.45. The van der Waals surface area contributed by atoms with E-state index in [4.69, 9.17) is 10.00 Å². The number of nitriles is 1. The average molecular weight is 354 g/mol. The van der Waals surface area contributed by atoms with E-state index in [0.29, 0.717) is 11.1 Å². The summed E-state index contributed by atoms with van der Waals surface area (Å²) in [6.07, 6.45) is -0.398. The van der Waals surface area contributed by atoms with Crippen LogP contribution in [0.3, 0.4) is 0 Å². The number of nitrogens with zero attached hydrogens (tertiary/aromatic N) is 1. The first-order valence-electron chi connectivity index (χ1n) is 6.75. The van der Waals surface area contributed by atoms with E-state index in [1.807, 2.05) is 36.4 Å². The summed E-state index contributed by atoms with van der Waals surface area (Å²) >= 11 is 3.44. The van der Waals surface area contributed by atoms with Gasteiger partial charge in [0.15, 0.2) is 0 Å². The van der Waals surface area contributed by atoms with Crippen LogP contribution >= 0.6 is 15.9 Å². The van der Waals surface area contributed by atoms with Gasteiger partial charge >= 0.3 is 5.97 Å². The molecule has 0 unspecified atom stereocenters. The van der Waals surface area contributed by atoms with Crippen LogP contribution in [0.2, 0.25) is 0 Å². The van der Waals surface area contributed by atoms with Gasteiger partial charge in [0.2, 0.25) is 0 Å². The van der Waals surface area contributed by atoms with Crippen molar-refractivity contribution in [3.63, 3.8) is 0 Å². The smallest absolute Gasteiger partial charge is 0.334 e. The van der Waals surface area contributed by atoms with Crippen molar-refractivity contribution in [2.45, 2.75) is 12.0 Å². The van der Waals surface area contributed by atoms with E-state index in [1.165, 1.54) is 0 Å². The van der Waals surface area contributed by atoms with Crippen molar-refractivity contribution < 1.29 is 9.53 Å². The molecule has 1 fully saturated rings. The molecule has 0 bridgehead atoms. The van der Waals surface area contributed by atoms with E-state index in [-0.39, 0.29) is 11.9 Å². The maximum absolute atomic E-state index is 12.0. The van der Waals surface area contributed by atoms with Gasteiger partial charge in [0.25, 0.3) is 0 Å². The molecular formula is C18H12BrNO2. The second-order valence-corrected chi connectivity index (χ2v) is 6.03. The molecule has 0 spiro atoms. The van der Waals surface area contributed by atoms with Crippen LogP contribution in [0.1, 0.15) is 28.7 Å². The number of cyclic esters (lactones) is 1. The minimum absolute atomic E-state index is 0.241. The van der Waals surface area contributed by atoms with Gasteiger partial charge in [0.1, 0.15) is 6.10 Å². The zero-order valence-electron chi connectivity index (χ0n) is 11.6. The van der Waals surface area contributed by atoms with Gasteiger partial charge in [0, 0.05) is 10.0 Å². The van der Waals surface area contributed by atoms with Crippen LogP contribution in [0, 0.1) is 11.3 Å². The van der Waals surface area contributed by atoms with Crippen LogP contribution in [0.4, 0.5) is 0 Å². The van der Waals surface area contributed by atoms with Crippen molar-refractivity contribution in [1.82, 2.24) is 0 Å². The van der Waals surface area contributed by atoms with Crippen LogP contribution in [-0.4, -0.2) is 5.97 Å². The second kappa shape index (κ2) is 5.78. The molecule has 0 saturated carbocycles. The number of esters is 1. The van der Waals surface area contributed by atoms with E-state index in [1.54, 1.807) is 12.1 Å². The number of benzene rings is 2. The standard InChI is InChI=1S/C18H12BrNO2/c1-11-16(13-7-5-12(10-20)6-8-13)17(22-18(11)21)14-3-2-4-15(19)9-14/h2-9,16-17H,1H2/t16-,17+/m0/s1. The number of carbonyl (C=O) groups excluding carboxylic acids is 1. The first kappa shape index (κ1) is 14.6. The topological polar surface area (TPSA) is 50.1 Å². The molecule has 2 aromatic carbocycles. The van der Waals surface area contributed by atoms with Crippen LogP contribution in [-0.2, 0) is 9.53 Å². The predicted octanol–water partition coefficient (Wildman–Crippen LogP) is 4.26. The molecular weight excluding hydrogens is 342 g/mol. The Kier molecular flexibility index (Phi) is 3.82. The molecule has 0 aromatic heterocycles. The van der Waals surface area contributed by atoms with Crippen LogP contribution in [0.5, 0.6) is 0 Å². The van der Waals surface area contributed by atoms with E-state index in [2.05, 4.69) is 28.6 Å². The first-order valence-corrected chi connectivity index (χ1v) is 7.55. The third-order valence-corrected chi connectivity index (χ3v) is 4.24. The summed E-state index contributed by atoms with van der Waals surface area (Å²) in [5, 5.41) is 8.90. The fourth-order valence-corrected chi connectivity index (χ4v) is 3.07. The van der Waals surface area contributed by atoms with E-state index in [9.17, 15) is 4.79 Å². The van der Waals surface area contributed by atoms with Gasteiger partial charge in [-0.25, -0.2) is 4.79 Å². The number of halogens is 1. The molecule has 0 amide bonds. The fraction of sp³-hybridized carbons (Fsp3) is 0.111. The minimum Gasteiger partial charge on any atom is -0.453 e. The van der Waals surface area contributed by atoms with Crippen molar-refractivity contribution >= 4 is 21.9 Å². The molecule has 1 aliphatic heterocycles. The lowest BCUT2D eigenvalue weighted by atomic mass is 9.86. The Balaban J connectivity index is 2.03. The number of hydrogen-bond donors (Lipinski definition) is 0. The van der Waals surface area contributed by atoms with Gasteiger partial charge < -0.3 is 4.74 Å². The summed E-state index contributed by atoms with van der Waals surface area (Å²) in [6.45, 7) is 3.88. The molecule has 1 heterocycles. The molecule has 1 aliphatic rings. The van der Waals surface area contributed by atoms with E-state index < -0.39 is 6.10 Å². The maximum Gasteiger partial charge on any atom is 0.334 e. The average Bonchev–Trinajstić information content (AvgIpc) is 2.83. The lowest BCUT2D eigenvalue weighted by molar-refractivity contribution is -0.139. The van der Waals surface area contributed by atoms with Crippen molar-refractivity contribution in [1.29, 1.82) is 5.26 Å². The predicted molar refractivity (Wildman–Crippen MR) is 86.0 cm³/mol. The van der Waals surface area contributed by atoms with Gasteiger partial charge in [-0.3, -0.25) is 0 Å². The van der Waals surface area contributed by atoms with Gasteiger partial charge in [-0.15, -0.1) is 0 Å². The highest BCUT2D eigenvalue weighted by Gasteiger charge is 2.40. The summed E-state index contributed by atoms with van der Waals surface area (Å²) in [6, 6.07) is 17.0. The quantitative estimate of drug-likeness (QED) is 0.598. The van der Waals surface area contributed by atoms with Gasteiger partial charge in [-0.2, -0.15) is 5.26 Å². The molecule has 4 heteroatoms. The van der Waals surface area contributed by atoms with Crippen molar-refractivity contribution in [3.8, 4) is 6.07 Å². The molecule has 2 aromatic rings. The third kappa shape index (κ3) is 2.56.